The Balaban J connectivity index is 0.000000285. The number of hydrogen-bond acceptors (Lipinski definition) is 2. The Bertz CT molecular complexity index is 1010. The highest BCUT2D eigenvalue weighted by Gasteiger charge is 2.23. The van der Waals surface area contributed by atoms with Crippen LogP contribution in [0.4, 0.5) is 8.78 Å². The number of carbonyl (C=O) groups is 1. The van der Waals surface area contributed by atoms with E-state index in [-0.39, 0.29) is 12.5 Å². The van der Waals surface area contributed by atoms with Gasteiger partial charge in [-0.15, -0.1) is 0 Å². The molecule has 0 bridgehead atoms. The summed E-state index contributed by atoms with van der Waals surface area (Å²) < 4.78 is 26.7. The predicted molar refractivity (Wildman–Crippen MR) is 119 cm³/mol. The predicted octanol–water partition coefficient (Wildman–Crippen LogP) is 5.90. The van der Waals surface area contributed by atoms with Gasteiger partial charge < -0.3 is 15.4 Å². The molecule has 0 amide bonds. The molecule has 4 nitrogen and oxygen atoms in total. The lowest BCUT2D eigenvalue weighted by atomic mass is 10.1. The van der Waals surface area contributed by atoms with Gasteiger partial charge in [-0.25, -0.2) is 13.6 Å². The molecule has 1 heterocycles. The molecule has 31 heavy (non-hydrogen) atoms. The van der Waals surface area contributed by atoms with Gasteiger partial charge >= 0.3 is 5.97 Å². The van der Waals surface area contributed by atoms with E-state index in [1.807, 2.05) is 38.1 Å². The smallest absolute Gasteiger partial charge is 0.337 e. The number of rotatable bonds is 6. The van der Waals surface area contributed by atoms with Crippen LogP contribution in [0.15, 0.2) is 54.6 Å². The fourth-order valence-corrected chi connectivity index (χ4v) is 3.47. The summed E-state index contributed by atoms with van der Waals surface area (Å²) >= 11 is 0. The second kappa shape index (κ2) is 10.9. The third-order valence-electron chi connectivity index (χ3n) is 4.94. The number of benzene rings is 2. The highest BCUT2D eigenvalue weighted by Crippen LogP contribution is 2.29. The average Bonchev–Trinajstić information content (AvgIpc) is 3.11. The zero-order valence-corrected chi connectivity index (χ0v) is 18.4. The molecule has 3 N–H and O–H groups in total. The van der Waals surface area contributed by atoms with Crippen LogP contribution in [0.5, 0.6) is 0 Å². The molecule has 0 aliphatic carbocycles. The number of aromatic carboxylic acids is 1. The molecule has 0 radical (unpaired) electrons. The van der Waals surface area contributed by atoms with Gasteiger partial charge in [0.15, 0.2) is 11.6 Å². The molecule has 0 saturated heterocycles. The second-order valence-electron chi connectivity index (χ2n) is 8.01. The van der Waals surface area contributed by atoms with E-state index in [1.54, 1.807) is 0 Å². The number of halogens is 2. The Morgan fingerprint density at radius 1 is 0.935 bits per heavy atom. The van der Waals surface area contributed by atoms with Gasteiger partial charge in [-0.2, -0.15) is 0 Å². The highest BCUT2D eigenvalue weighted by molar-refractivity contribution is 5.89. The number of carboxylic acid groups (broad SMARTS) is 1. The molecule has 0 saturated carbocycles. The largest absolute Gasteiger partial charge is 0.478 e. The van der Waals surface area contributed by atoms with Crippen molar-refractivity contribution in [3.63, 3.8) is 0 Å². The quantitative estimate of drug-likeness (QED) is 0.513. The number of nitrogens with two attached hydrogens (primary N) is 1. The van der Waals surface area contributed by atoms with Crippen LogP contribution in [0.1, 0.15) is 72.4 Å². The van der Waals surface area contributed by atoms with Crippen molar-refractivity contribution >= 4 is 5.97 Å². The van der Waals surface area contributed by atoms with Gasteiger partial charge in [0.05, 0.1) is 5.56 Å². The van der Waals surface area contributed by atoms with Gasteiger partial charge in [0.1, 0.15) is 0 Å². The first-order valence-electron chi connectivity index (χ1n) is 10.3. The summed E-state index contributed by atoms with van der Waals surface area (Å²) in [4.78, 5) is 11.6. The monoisotopic (exact) mass is 428 g/mol. The van der Waals surface area contributed by atoms with Crippen molar-refractivity contribution in [1.29, 1.82) is 0 Å². The second-order valence-corrected chi connectivity index (χ2v) is 8.01. The van der Waals surface area contributed by atoms with E-state index >= 15 is 0 Å². The van der Waals surface area contributed by atoms with Gasteiger partial charge in [-0.3, -0.25) is 0 Å². The van der Waals surface area contributed by atoms with E-state index < -0.39 is 17.6 Å². The van der Waals surface area contributed by atoms with E-state index in [1.165, 1.54) is 11.6 Å². The molecule has 1 aromatic heterocycles. The van der Waals surface area contributed by atoms with Crippen LogP contribution in [0.25, 0.3) is 0 Å². The first kappa shape index (κ1) is 24.3. The van der Waals surface area contributed by atoms with E-state index in [4.69, 9.17) is 5.73 Å². The molecule has 2 aromatic carbocycles. The maximum atomic E-state index is 12.3. The fraction of sp³-hybridized carbons (Fsp3) is 0.320. The van der Waals surface area contributed by atoms with Gasteiger partial charge in [-0.05, 0) is 41.2 Å². The minimum atomic E-state index is -0.844. The maximum absolute atomic E-state index is 12.3. The minimum Gasteiger partial charge on any atom is -0.478 e. The molecule has 3 rings (SSSR count). The molecule has 0 atom stereocenters. The van der Waals surface area contributed by atoms with Crippen LogP contribution < -0.4 is 5.73 Å². The Kier molecular flexibility index (Phi) is 8.51. The lowest BCUT2D eigenvalue weighted by Gasteiger charge is -2.18. The molecule has 3 aromatic rings. The van der Waals surface area contributed by atoms with Crippen LogP contribution in [0, 0.1) is 11.6 Å². The Labute approximate surface area is 182 Å². The van der Waals surface area contributed by atoms with E-state index in [0.29, 0.717) is 17.0 Å². The standard InChI is InChI=1S/C18H23NO2.C7H7F2N/c1-12(2)16-10-15(18(20)21)17(13(3)4)19(16)11-14-8-6-5-7-9-14;8-6-2-1-5(4-10)3-7(6)9/h5-10,12-13H,11H2,1-4H3,(H,20,21);1-3H,4,10H2. The fourth-order valence-electron chi connectivity index (χ4n) is 3.47. The van der Waals surface area contributed by atoms with Gasteiger partial charge in [0, 0.05) is 24.5 Å². The van der Waals surface area contributed by atoms with Gasteiger partial charge in [0.2, 0.25) is 0 Å². The van der Waals surface area contributed by atoms with Gasteiger partial charge in [-0.1, -0.05) is 64.1 Å². The van der Waals surface area contributed by atoms with Crippen molar-refractivity contribution in [3.05, 3.63) is 94.3 Å². The van der Waals surface area contributed by atoms with Crippen molar-refractivity contribution in [3.8, 4) is 0 Å². The van der Waals surface area contributed by atoms with E-state index in [2.05, 4.69) is 30.5 Å². The molecular formula is C25H30F2N2O2. The molecule has 166 valence electrons. The summed E-state index contributed by atoms with van der Waals surface area (Å²) in [7, 11) is 0. The average molecular weight is 429 g/mol. The lowest BCUT2D eigenvalue weighted by Crippen LogP contribution is -2.12. The van der Waals surface area contributed by atoms with Crippen LogP contribution >= 0.6 is 0 Å². The zero-order valence-electron chi connectivity index (χ0n) is 18.4. The zero-order chi connectivity index (χ0) is 23.1. The highest BCUT2D eigenvalue weighted by atomic mass is 19.2. The molecule has 0 aliphatic heterocycles. The van der Waals surface area contributed by atoms with Crippen LogP contribution in [-0.2, 0) is 13.1 Å². The Morgan fingerprint density at radius 2 is 1.58 bits per heavy atom. The van der Waals surface area contributed by atoms with E-state index in [9.17, 15) is 18.7 Å². The summed E-state index contributed by atoms with van der Waals surface area (Å²) in [6.07, 6.45) is 0. The number of aromatic nitrogens is 1. The van der Waals surface area contributed by atoms with Crippen molar-refractivity contribution in [2.24, 2.45) is 5.73 Å². The molecule has 0 fully saturated rings. The topological polar surface area (TPSA) is 68.2 Å². The first-order chi connectivity index (χ1) is 14.6. The lowest BCUT2D eigenvalue weighted by molar-refractivity contribution is 0.0695. The van der Waals surface area contributed by atoms with Crippen LogP contribution in [0.3, 0.4) is 0 Å². The summed E-state index contributed by atoms with van der Waals surface area (Å²) in [5.74, 6) is -2.06. The molecule has 0 spiro atoms. The number of nitrogens with zero attached hydrogens (tertiary/aromatic N) is 1. The summed E-state index contributed by atoms with van der Waals surface area (Å²) in [6.45, 7) is 9.26. The number of hydrogen-bond donors (Lipinski definition) is 2. The van der Waals surface area contributed by atoms with Crippen molar-refractivity contribution in [1.82, 2.24) is 4.57 Å². The Hall–Kier alpha value is -2.99. The third kappa shape index (κ3) is 6.25. The van der Waals surface area contributed by atoms with E-state index in [0.717, 1.165) is 30.1 Å². The molecular weight excluding hydrogens is 398 g/mol. The maximum Gasteiger partial charge on any atom is 0.337 e. The van der Waals surface area contributed by atoms with Crippen molar-refractivity contribution < 1.29 is 18.7 Å². The normalized spacial score (nSPS) is 10.9. The number of carboxylic acids is 1. The molecule has 0 aliphatic rings. The van der Waals surface area contributed by atoms with Crippen molar-refractivity contribution in [2.75, 3.05) is 0 Å². The molecule has 6 heteroatoms. The summed E-state index contributed by atoms with van der Waals surface area (Å²) in [5.41, 5.74) is 9.39. The summed E-state index contributed by atoms with van der Waals surface area (Å²) in [6, 6.07) is 15.6. The molecule has 0 unspecified atom stereocenters. The van der Waals surface area contributed by atoms with Gasteiger partial charge in [0.25, 0.3) is 0 Å². The van der Waals surface area contributed by atoms with Crippen molar-refractivity contribution in [2.45, 2.75) is 52.6 Å². The summed E-state index contributed by atoms with van der Waals surface area (Å²) in [5, 5.41) is 9.49. The minimum absolute atomic E-state index is 0.173. The first-order valence-corrected chi connectivity index (χ1v) is 10.3. The van der Waals surface area contributed by atoms with Crippen LogP contribution in [0.2, 0.25) is 0 Å². The van der Waals surface area contributed by atoms with Crippen LogP contribution in [-0.4, -0.2) is 15.6 Å². The Morgan fingerprint density at radius 3 is 2.06 bits per heavy atom. The third-order valence-corrected chi connectivity index (χ3v) is 4.94. The SMILES string of the molecule is CC(C)c1cc(C(=O)O)c(C(C)C)n1Cc1ccccc1.NCc1ccc(F)c(F)c1.